The first kappa shape index (κ1) is 18.0. The molecule has 142 valence electrons. The molecule has 2 N–H and O–H groups in total. The molecule has 0 saturated carbocycles. The molecular formula is C21H32N4O. The Morgan fingerprint density at radius 1 is 1.19 bits per heavy atom. The number of rotatable bonds is 4. The van der Waals surface area contributed by atoms with Crippen LogP contribution in [0.2, 0.25) is 0 Å². The van der Waals surface area contributed by atoms with Gasteiger partial charge >= 0.3 is 0 Å². The van der Waals surface area contributed by atoms with E-state index in [1.807, 2.05) is 0 Å². The molecule has 0 bridgehead atoms. The topological polar surface area (TPSA) is 43.5 Å². The second kappa shape index (κ2) is 8.09. The van der Waals surface area contributed by atoms with Gasteiger partial charge in [-0.25, -0.2) is 0 Å². The molecular weight excluding hydrogens is 324 g/mol. The largest absolute Gasteiger partial charge is 0.378 e. The third kappa shape index (κ3) is 3.96. The van der Waals surface area contributed by atoms with E-state index in [4.69, 9.17) is 4.74 Å². The third-order valence-corrected chi connectivity index (χ3v) is 5.86. The maximum Gasteiger partial charge on any atom is 0.0662 e. The summed E-state index contributed by atoms with van der Waals surface area (Å²) in [4.78, 5) is 8.70. The van der Waals surface area contributed by atoms with Crippen LogP contribution in [0.5, 0.6) is 0 Å². The van der Waals surface area contributed by atoms with Crippen LogP contribution in [0.1, 0.15) is 37.4 Å². The summed E-state index contributed by atoms with van der Waals surface area (Å²) in [5.74, 6) is 0. The van der Waals surface area contributed by atoms with Crippen molar-refractivity contribution in [2.45, 2.75) is 38.9 Å². The molecule has 4 rings (SSSR count). The highest BCUT2D eigenvalue weighted by Gasteiger charge is 2.19. The van der Waals surface area contributed by atoms with E-state index in [0.29, 0.717) is 12.1 Å². The van der Waals surface area contributed by atoms with E-state index in [1.165, 1.54) is 48.1 Å². The molecule has 26 heavy (non-hydrogen) atoms. The lowest BCUT2D eigenvalue weighted by molar-refractivity contribution is 0.0769. The lowest BCUT2D eigenvalue weighted by Gasteiger charge is -2.25. The van der Waals surface area contributed by atoms with E-state index < -0.39 is 0 Å². The fraction of sp³-hybridized carbons (Fsp3) is 0.619. The second-order valence-corrected chi connectivity index (χ2v) is 7.96. The highest BCUT2D eigenvalue weighted by Crippen LogP contribution is 2.25. The van der Waals surface area contributed by atoms with Crippen LogP contribution in [-0.4, -0.2) is 66.8 Å². The van der Waals surface area contributed by atoms with Crippen LogP contribution in [0.15, 0.2) is 24.4 Å². The molecule has 3 heterocycles. The number of hydrogen-bond donors (Lipinski definition) is 2. The Bertz CT molecular complexity index is 720. The molecule has 0 radical (unpaired) electrons. The van der Waals surface area contributed by atoms with Crippen molar-refractivity contribution < 1.29 is 4.74 Å². The number of morpholine rings is 1. The normalized spacial score (nSPS) is 23.6. The molecule has 0 spiro atoms. The van der Waals surface area contributed by atoms with Crippen LogP contribution in [-0.2, 0) is 11.3 Å². The number of aromatic amines is 1. The molecule has 2 aliphatic heterocycles. The van der Waals surface area contributed by atoms with Crippen LogP contribution in [0, 0.1) is 0 Å². The van der Waals surface area contributed by atoms with Gasteiger partial charge in [-0.05, 0) is 50.6 Å². The number of H-pyrrole nitrogens is 1. The van der Waals surface area contributed by atoms with Crippen LogP contribution in [0.4, 0.5) is 0 Å². The smallest absolute Gasteiger partial charge is 0.0662 e. The molecule has 1 unspecified atom stereocenters. The summed E-state index contributed by atoms with van der Waals surface area (Å²) in [6, 6.07) is 7.79. The van der Waals surface area contributed by atoms with E-state index in [2.05, 4.69) is 58.3 Å². The van der Waals surface area contributed by atoms with Gasteiger partial charge in [-0.1, -0.05) is 12.1 Å². The number of nitrogens with zero attached hydrogens (tertiary/aromatic N) is 2. The number of fused-ring (bicyclic) bond motifs is 1. The maximum atomic E-state index is 5.61. The Labute approximate surface area is 156 Å². The molecule has 2 aromatic rings. The Balaban J connectivity index is 1.45. The number of benzene rings is 1. The van der Waals surface area contributed by atoms with Crippen LogP contribution < -0.4 is 5.32 Å². The van der Waals surface area contributed by atoms with E-state index in [-0.39, 0.29) is 0 Å². The van der Waals surface area contributed by atoms with Crippen LogP contribution in [0.25, 0.3) is 10.9 Å². The van der Waals surface area contributed by atoms with Gasteiger partial charge in [0.1, 0.15) is 0 Å². The molecule has 1 aromatic heterocycles. The fourth-order valence-corrected chi connectivity index (χ4v) is 4.24. The van der Waals surface area contributed by atoms with E-state index in [9.17, 15) is 0 Å². The molecule has 2 aliphatic rings. The zero-order chi connectivity index (χ0) is 17.9. The standard InChI is InChI=1S/C21H32N4O/c1-16(2)25-8-3-7-24(9-10-25)14-18-13-23-20-12-17(4-5-19(18)20)21-15-26-11-6-22-21/h4-5,12-13,16,21-23H,3,6-11,14-15H2,1-2H3. The number of hydrogen-bond acceptors (Lipinski definition) is 4. The predicted molar refractivity (Wildman–Crippen MR) is 106 cm³/mol. The predicted octanol–water partition coefficient (Wildman–Crippen LogP) is 2.74. The quantitative estimate of drug-likeness (QED) is 0.884. The summed E-state index contributed by atoms with van der Waals surface area (Å²) in [7, 11) is 0. The van der Waals surface area contributed by atoms with Crippen molar-refractivity contribution >= 4 is 10.9 Å². The zero-order valence-electron chi connectivity index (χ0n) is 16.1. The maximum absolute atomic E-state index is 5.61. The molecule has 2 saturated heterocycles. The molecule has 1 atom stereocenters. The Morgan fingerprint density at radius 3 is 2.92 bits per heavy atom. The molecule has 5 heteroatoms. The summed E-state index contributed by atoms with van der Waals surface area (Å²) in [6.07, 6.45) is 3.46. The molecule has 1 aromatic carbocycles. The highest BCUT2D eigenvalue weighted by atomic mass is 16.5. The molecule has 5 nitrogen and oxygen atoms in total. The summed E-state index contributed by atoms with van der Waals surface area (Å²) >= 11 is 0. The van der Waals surface area contributed by atoms with Gasteiger partial charge in [0, 0.05) is 49.3 Å². The Morgan fingerprint density at radius 2 is 2.12 bits per heavy atom. The number of nitrogens with one attached hydrogen (secondary N) is 2. The summed E-state index contributed by atoms with van der Waals surface area (Å²) in [5, 5.41) is 4.90. The monoisotopic (exact) mass is 356 g/mol. The molecule has 0 amide bonds. The van der Waals surface area contributed by atoms with Gasteiger partial charge in [0.25, 0.3) is 0 Å². The summed E-state index contributed by atoms with van der Waals surface area (Å²) in [6.45, 7) is 12.9. The minimum absolute atomic E-state index is 0.313. The van der Waals surface area contributed by atoms with E-state index in [0.717, 1.165) is 32.8 Å². The molecule has 0 aliphatic carbocycles. The minimum Gasteiger partial charge on any atom is -0.378 e. The van der Waals surface area contributed by atoms with Crippen molar-refractivity contribution in [3.05, 3.63) is 35.5 Å². The number of ether oxygens (including phenoxy) is 1. The summed E-state index contributed by atoms with van der Waals surface area (Å²) < 4.78 is 5.61. The van der Waals surface area contributed by atoms with Crippen LogP contribution >= 0.6 is 0 Å². The average Bonchev–Trinajstić information content (AvgIpc) is 2.90. The lowest BCUT2D eigenvalue weighted by Crippen LogP contribution is -2.34. The Hall–Kier alpha value is -1.40. The average molecular weight is 357 g/mol. The highest BCUT2D eigenvalue weighted by molar-refractivity contribution is 5.83. The second-order valence-electron chi connectivity index (χ2n) is 7.96. The van der Waals surface area contributed by atoms with Crippen molar-refractivity contribution in [2.24, 2.45) is 0 Å². The van der Waals surface area contributed by atoms with Gasteiger partial charge in [0.15, 0.2) is 0 Å². The Kier molecular flexibility index (Phi) is 5.60. The lowest BCUT2D eigenvalue weighted by atomic mass is 10.0. The number of aromatic nitrogens is 1. The summed E-state index contributed by atoms with van der Waals surface area (Å²) in [5.41, 5.74) is 3.97. The first-order valence-corrected chi connectivity index (χ1v) is 10.1. The van der Waals surface area contributed by atoms with Gasteiger partial charge in [0.2, 0.25) is 0 Å². The fourth-order valence-electron chi connectivity index (χ4n) is 4.24. The minimum atomic E-state index is 0.313. The van der Waals surface area contributed by atoms with Crippen molar-refractivity contribution in [3.63, 3.8) is 0 Å². The van der Waals surface area contributed by atoms with Crippen molar-refractivity contribution in [2.75, 3.05) is 45.9 Å². The van der Waals surface area contributed by atoms with Crippen LogP contribution in [0.3, 0.4) is 0 Å². The zero-order valence-corrected chi connectivity index (χ0v) is 16.1. The third-order valence-electron chi connectivity index (χ3n) is 5.86. The SMILES string of the molecule is CC(C)N1CCCN(Cc2c[nH]c3cc(C4COCCN4)ccc23)CC1. The van der Waals surface area contributed by atoms with Gasteiger partial charge < -0.3 is 15.0 Å². The van der Waals surface area contributed by atoms with Gasteiger partial charge in [-0.3, -0.25) is 9.80 Å². The van der Waals surface area contributed by atoms with Crippen molar-refractivity contribution in [1.82, 2.24) is 20.1 Å². The van der Waals surface area contributed by atoms with E-state index >= 15 is 0 Å². The molecule has 2 fully saturated rings. The van der Waals surface area contributed by atoms with Crippen molar-refractivity contribution in [3.8, 4) is 0 Å². The van der Waals surface area contributed by atoms with Gasteiger partial charge in [-0.2, -0.15) is 0 Å². The first-order chi connectivity index (χ1) is 12.7. The van der Waals surface area contributed by atoms with Gasteiger partial charge in [0.05, 0.1) is 19.3 Å². The van der Waals surface area contributed by atoms with Gasteiger partial charge in [-0.15, -0.1) is 0 Å². The van der Waals surface area contributed by atoms with E-state index in [1.54, 1.807) is 0 Å². The first-order valence-electron chi connectivity index (χ1n) is 10.1. The van der Waals surface area contributed by atoms with Crippen molar-refractivity contribution in [1.29, 1.82) is 0 Å².